The van der Waals surface area contributed by atoms with Gasteiger partial charge in [-0.25, -0.2) is 0 Å². The van der Waals surface area contributed by atoms with Crippen LogP contribution in [0.2, 0.25) is 0 Å². The molecule has 3 aliphatic carbocycles. The van der Waals surface area contributed by atoms with E-state index in [-0.39, 0.29) is 12.3 Å². The third kappa shape index (κ3) is 1.94. The molecule has 2 bridgehead atoms. The summed E-state index contributed by atoms with van der Waals surface area (Å²) in [6.45, 7) is 0. The Kier molecular flexibility index (Phi) is 2.60. The van der Waals surface area contributed by atoms with Crippen LogP contribution in [0.25, 0.3) is 0 Å². The van der Waals surface area contributed by atoms with Gasteiger partial charge in [0.15, 0.2) is 0 Å². The van der Waals surface area contributed by atoms with E-state index in [1.165, 1.54) is 19.3 Å². The maximum absolute atomic E-state index is 11.6. The van der Waals surface area contributed by atoms with Crippen molar-refractivity contribution in [1.29, 1.82) is 0 Å². The van der Waals surface area contributed by atoms with Gasteiger partial charge in [0.05, 0.1) is 0 Å². The lowest BCUT2D eigenvalue weighted by atomic mass is 10.0. The molecule has 0 aromatic heterocycles. The molecule has 0 aromatic rings. The first-order valence-electron chi connectivity index (χ1n) is 6.68. The molecule has 3 rings (SSSR count). The van der Waals surface area contributed by atoms with Gasteiger partial charge in [-0.15, -0.1) is 0 Å². The lowest BCUT2D eigenvalue weighted by molar-refractivity contribution is -0.137. The summed E-state index contributed by atoms with van der Waals surface area (Å²) in [5.74, 6) is 2.49. The molecule has 4 nitrogen and oxygen atoms in total. The van der Waals surface area contributed by atoms with Crippen molar-refractivity contribution in [2.75, 3.05) is 0 Å². The number of fused-ring (bicyclic) bond motifs is 5. The molecule has 94 valence electrons. The smallest absolute Gasteiger partial charge is 0.303 e. The van der Waals surface area contributed by atoms with Crippen molar-refractivity contribution < 1.29 is 14.7 Å². The molecule has 4 heteroatoms. The average molecular weight is 237 g/mol. The Labute approximate surface area is 101 Å². The molecule has 0 aromatic carbocycles. The van der Waals surface area contributed by atoms with Gasteiger partial charge in [0.1, 0.15) is 0 Å². The molecule has 3 fully saturated rings. The van der Waals surface area contributed by atoms with E-state index in [4.69, 9.17) is 5.11 Å². The number of hydrogen-bond acceptors (Lipinski definition) is 2. The van der Waals surface area contributed by atoms with Gasteiger partial charge in [-0.2, -0.15) is 0 Å². The molecule has 0 heterocycles. The second-order valence-electron chi connectivity index (χ2n) is 5.83. The standard InChI is InChI=1S/C13H19NO3/c15-9(2-1-3-10(16)17)14-13-11-7-4-5-8(6-7)12(11)13/h7-8,11-13H,1-6H2,(H,14,15)(H,16,17). The highest BCUT2D eigenvalue weighted by Crippen LogP contribution is 2.65. The Hall–Kier alpha value is -1.06. The molecule has 0 aliphatic heterocycles. The highest BCUT2D eigenvalue weighted by molar-refractivity contribution is 5.77. The first-order chi connectivity index (χ1) is 8.16. The van der Waals surface area contributed by atoms with Crippen LogP contribution in [0.5, 0.6) is 0 Å². The Morgan fingerprint density at radius 3 is 2.35 bits per heavy atom. The van der Waals surface area contributed by atoms with E-state index in [0.717, 1.165) is 23.7 Å². The largest absolute Gasteiger partial charge is 0.481 e. The average Bonchev–Trinajstić information content (AvgIpc) is 2.70. The van der Waals surface area contributed by atoms with Gasteiger partial charge >= 0.3 is 5.97 Å². The topological polar surface area (TPSA) is 66.4 Å². The van der Waals surface area contributed by atoms with Crippen molar-refractivity contribution in [3.8, 4) is 0 Å². The number of carbonyl (C=O) groups is 2. The summed E-state index contributed by atoms with van der Waals surface area (Å²) >= 11 is 0. The zero-order chi connectivity index (χ0) is 12.0. The highest BCUT2D eigenvalue weighted by Gasteiger charge is 2.65. The maximum Gasteiger partial charge on any atom is 0.303 e. The number of carboxylic acids is 1. The molecule has 4 atom stereocenters. The number of hydrogen-bond donors (Lipinski definition) is 2. The third-order valence-corrected chi connectivity index (χ3v) is 4.86. The summed E-state index contributed by atoms with van der Waals surface area (Å²) in [5, 5.41) is 11.6. The van der Waals surface area contributed by atoms with Crippen LogP contribution in [0.3, 0.4) is 0 Å². The number of aliphatic carboxylic acids is 1. The van der Waals surface area contributed by atoms with E-state index in [2.05, 4.69) is 5.32 Å². The summed E-state index contributed by atoms with van der Waals surface area (Å²) in [6.07, 6.45) is 5.01. The van der Waals surface area contributed by atoms with Gasteiger partial charge in [-0.1, -0.05) is 0 Å². The SMILES string of the molecule is O=C(O)CCCC(=O)NC1C2C3CCC(C3)C12. The first-order valence-corrected chi connectivity index (χ1v) is 6.68. The van der Waals surface area contributed by atoms with Crippen molar-refractivity contribution in [1.82, 2.24) is 5.32 Å². The van der Waals surface area contributed by atoms with E-state index in [9.17, 15) is 9.59 Å². The van der Waals surface area contributed by atoms with E-state index in [0.29, 0.717) is 18.9 Å². The van der Waals surface area contributed by atoms with Gasteiger partial charge in [0.2, 0.25) is 5.91 Å². The Balaban J connectivity index is 1.41. The minimum absolute atomic E-state index is 0.0463. The van der Waals surface area contributed by atoms with Gasteiger partial charge in [-0.05, 0) is 49.4 Å². The zero-order valence-corrected chi connectivity index (χ0v) is 9.89. The van der Waals surface area contributed by atoms with Crippen LogP contribution in [-0.2, 0) is 9.59 Å². The fraction of sp³-hybridized carbons (Fsp3) is 0.846. The Bertz CT molecular complexity index is 339. The summed E-state index contributed by atoms with van der Waals surface area (Å²) in [4.78, 5) is 22.0. The van der Waals surface area contributed by atoms with Crippen LogP contribution in [0.4, 0.5) is 0 Å². The van der Waals surface area contributed by atoms with E-state index in [1.807, 2.05) is 0 Å². The summed E-state index contributed by atoms with van der Waals surface area (Å²) in [5.41, 5.74) is 0. The van der Waals surface area contributed by atoms with Crippen LogP contribution in [0.1, 0.15) is 38.5 Å². The van der Waals surface area contributed by atoms with E-state index in [1.54, 1.807) is 0 Å². The molecule has 3 aliphatic rings. The minimum atomic E-state index is -0.820. The second kappa shape index (κ2) is 4.00. The Morgan fingerprint density at radius 1 is 1.12 bits per heavy atom. The predicted octanol–water partition coefficient (Wildman–Crippen LogP) is 1.40. The number of carboxylic acid groups (broad SMARTS) is 1. The molecule has 1 amide bonds. The van der Waals surface area contributed by atoms with Gasteiger partial charge in [-0.3, -0.25) is 9.59 Å². The molecule has 17 heavy (non-hydrogen) atoms. The summed E-state index contributed by atoms with van der Waals surface area (Å²) < 4.78 is 0. The number of amides is 1. The van der Waals surface area contributed by atoms with Crippen molar-refractivity contribution in [3.63, 3.8) is 0 Å². The fourth-order valence-electron chi connectivity index (χ4n) is 4.18. The monoisotopic (exact) mass is 237 g/mol. The van der Waals surface area contributed by atoms with Gasteiger partial charge in [0, 0.05) is 18.9 Å². The molecule has 0 radical (unpaired) electrons. The van der Waals surface area contributed by atoms with Gasteiger partial charge in [0.25, 0.3) is 0 Å². The van der Waals surface area contributed by atoms with Crippen LogP contribution in [0.15, 0.2) is 0 Å². The molecule has 0 spiro atoms. The normalized spacial score (nSPS) is 41.1. The molecule has 0 saturated heterocycles. The fourth-order valence-corrected chi connectivity index (χ4v) is 4.18. The van der Waals surface area contributed by atoms with Crippen LogP contribution in [-0.4, -0.2) is 23.0 Å². The summed E-state index contributed by atoms with van der Waals surface area (Å²) in [6, 6.07) is 0.429. The Morgan fingerprint density at radius 2 is 1.76 bits per heavy atom. The van der Waals surface area contributed by atoms with Crippen molar-refractivity contribution in [2.45, 2.75) is 44.6 Å². The number of nitrogens with one attached hydrogen (secondary N) is 1. The van der Waals surface area contributed by atoms with Crippen LogP contribution in [0, 0.1) is 23.7 Å². The molecule has 4 unspecified atom stereocenters. The van der Waals surface area contributed by atoms with Crippen LogP contribution < -0.4 is 5.32 Å². The van der Waals surface area contributed by atoms with Crippen molar-refractivity contribution in [3.05, 3.63) is 0 Å². The zero-order valence-electron chi connectivity index (χ0n) is 9.89. The first kappa shape index (κ1) is 11.1. The highest BCUT2D eigenvalue weighted by atomic mass is 16.4. The van der Waals surface area contributed by atoms with E-state index >= 15 is 0 Å². The number of rotatable bonds is 5. The number of carbonyl (C=O) groups excluding carboxylic acids is 1. The van der Waals surface area contributed by atoms with Gasteiger partial charge < -0.3 is 10.4 Å². The molecule has 3 saturated carbocycles. The summed E-state index contributed by atoms with van der Waals surface area (Å²) in [7, 11) is 0. The molecular weight excluding hydrogens is 218 g/mol. The van der Waals surface area contributed by atoms with Crippen molar-refractivity contribution >= 4 is 11.9 Å². The minimum Gasteiger partial charge on any atom is -0.481 e. The third-order valence-electron chi connectivity index (χ3n) is 4.86. The molecular formula is C13H19NO3. The predicted molar refractivity (Wildman–Crippen MR) is 61.2 cm³/mol. The molecule has 2 N–H and O–H groups in total. The maximum atomic E-state index is 11.6. The van der Waals surface area contributed by atoms with E-state index < -0.39 is 5.97 Å². The second-order valence-corrected chi connectivity index (χ2v) is 5.83. The lowest BCUT2D eigenvalue weighted by Crippen LogP contribution is -2.29. The van der Waals surface area contributed by atoms with Crippen LogP contribution >= 0.6 is 0 Å². The quantitative estimate of drug-likeness (QED) is 0.759. The lowest BCUT2D eigenvalue weighted by Gasteiger charge is -2.10. The van der Waals surface area contributed by atoms with Crippen molar-refractivity contribution in [2.24, 2.45) is 23.7 Å².